The standard InChI is InChI=1S/C14H15Cl2NO/c1-3-17-14(13-7-4-9(2)18-13)10-5-6-11(15)12(16)8-10/h4-8,14,17H,3H2,1-2H3. The lowest BCUT2D eigenvalue weighted by molar-refractivity contribution is 0.435. The highest BCUT2D eigenvalue weighted by atomic mass is 35.5. The molecule has 0 bridgehead atoms. The zero-order valence-corrected chi connectivity index (χ0v) is 11.8. The van der Waals surface area contributed by atoms with E-state index < -0.39 is 0 Å². The first-order valence-electron chi connectivity index (χ1n) is 5.86. The fourth-order valence-electron chi connectivity index (χ4n) is 1.89. The Morgan fingerprint density at radius 1 is 1.17 bits per heavy atom. The number of hydrogen-bond acceptors (Lipinski definition) is 2. The molecule has 96 valence electrons. The molecule has 0 amide bonds. The van der Waals surface area contributed by atoms with E-state index in [2.05, 4.69) is 12.2 Å². The van der Waals surface area contributed by atoms with Crippen molar-refractivity contribution < 1.29 is 4.42 Å². The molecule has 4 heteroatoms. The lowest BCUT2D eigenvalue weighted by Gasteiger charge is -2.16. The van der Waals surface area contributed by atoms with Crippen molar-refractivity contribution in [2.45, 2.75) is 19.9 Å². The van der Waals surface area contributed by atoms with Gasteiger partial charge in [-0.15, -0.1) is 0 Å². The fourth-order valence-corrected chi connectivity index (χ4v) is 2.19. The molecule has 0 aliphatic heterocycles. The van der Waals surface area contributed by atoms with Crippen LogP contribution in [0.1, 0.15) is 30.0 Å². The molecule has 1 atom stereocenters. The van der Waals surface area contributed by atoms with Crippen LogP contribution in [0.3, 0.4) is 0 Å². The Morgan fingerprint density at radius 2 is 1.94 bits per heavy atom. The molecular formula is C14H15Cl2NO. The summed E-state index contributed by atoms with van der Waals surface area (Å²) in [5.74, 6) is 1.78. The van der Waals surface area contributed by atoms with Crippen molar-refractivity contribution in [2.24, 2.45) is 0 Å². The molecule has 0 radical (unpaired) electrons. The van der Waals surface area contributed by atoms with Gasteiger partial charge in [0.15, 0.2) is 0 Å². The molecule has 0 fully saturated rings. The van der Waals surface area contributed by atoms with Crippen molar-refractivity contribution in [3.63, 3.8) is 0 Å². The van der Waals surface area contributed by atoms with Gasteiger partial charge >= 0.3 is 0 Å². The molecule has 0 saturated carbocycles. The summed E-state index contributed by atoms with van der Waals surface area (Å²) in [5, 5.41) is 4.50. The Bertz CT molecular complexity index is 536. The van der Waals surface area contributed by atoms with Crippen molar-refractivity contribution in [1.29, 1.82) is 0 Å². The van der Waals surface area contributed by atoms with Gasteiger partial charge in [-0.25, -0.2) is 0 Å². The summed E-state index contributed by atoms with van der Waals surface area (Å²) >= 11 is 12.0. The SMILES string of the molecule is CCNC(c1ccc(Cl)c(Cl)c1)c1ccc(C)o1. The number of nitrogens with one attached hydrogen (secondary N) is 1. The van der Waals surface area contributed by atoms with Crippen LogP contribution in [0.4, 0.5) is 0 Å². The van der Waals surface area contributed by atoms with Crippen LogP contribution in [0.25, 0.3) is 0 Å². The molecule has 1 N–H and O–H groups in total. The van der Waals surface area contributed by atoms with Crippen LogP contribution < -0.4 is 5.32 Å². The first-order chi connectivity index (χ1) is 8.61. The van der Waals surface area contributed by atoms with E-state index in [1.807, 2.05) is 31.2 Å². The second-order valence-electron chi connectivity index (χ2n) is 4.11. The lowest BCUT2D eigenvalue weighted by Crippen LogP contribution is -2.21. The van der Waals surface area contributed by atoms with Gasteiger partial charge in [0, 0.05) is 0 Å². The van der Waals surface area contributed by atoms with E-state index in [4.69, 9.17) is 27.6 Å². The zero-order chi connectivity index (χ0) is 13.1. The van der Waals surface area contributed by atoms with Crippen LogP contribution in [-0.2, 0) is 0 Å². The van der Waals surface area contributed by atoms with Crippen LogP contribution in [0.5, 0.6) is 0 Å². The molecule has 1 unspecified atom stereocenters. The van der Waals surface area contributed by atoms with Crippen molar-refractivity contribution in [1.82, 2.24) is 5.32 Å². The maximum absolute atomic E-state index is 6.06. The summed E-state index contributed by atoms with van der Waals surface area (Å²) in [6.07, 6.45) is 0. The van der Waals surface area contributed by atoms with Crippen LogP contribution in [0, 0.1) is 6.92 Å². The highest BCUT2D eigenvalue weighted by molar-refractivity contribution is 6.42. The molecule has 0 saturated heterocycles. The van der Waals surface area contributed by atoms with Gasteiger partial charge in [0.2, 0.25) is 0 Å². The van der Waals surface area contributed by atoms with Crippen LogP contribution in [-0.4, -0.2) is 6.54 Å². The molecule has 1 aromatic carbocycles. The van der Waals surface area contributed by atoms with Crippen LogP contribution >= 0.6 is 23.2 Å². The first-order valence-corrected chi connectivity index (χ1v) is 6.62. The fraction of sp³-hybridized carbons (Fsp3) is 0.286. The summed E-state index contributed by atoms with van der Waals surface area (Å²) in [4.78, 5) is 0. The summed E-state index contributed by atoms with van der Waals surface area (Å²) < 4.78 is 5.68. The van der Waals surface area contributed by atoms with Gasteiger partial charge in [0.05, 0.1) is 16.1 Å². The molecular weight excluding hydrogens is 269 g/mol. The summed E-state index contributed by atoms with van der Waals surface area (Å²) in [6.45, 7) is 4.83. The quantitative estimate of drug-likeness (QED) is 0.888. The molecule has 2 rings (SSSR count). The van der Waals surface area contributed by atoms with Gasteiger partial charge in [-0.05, 0) is 43.3 Å². The predicted molar refractivity (Wildman–Crippen MR) is 75.4 cm³/mol. The van der Waals surface area contributed by atoms with E-state index in [9.17, 15) is 0 Å². The maximum Gasteiger partial charge on any atom is 0.125 e. The first kappa shape index (κ1) is 13.5. The van der Waals surface area contributed by atoms with Gasteiger partial charge in [0.25, 0.3) is 0 Å². The molecule has 2 aromatic rings. The number of aryl methyl sites for hydroxylation is 1. The molecule has 0 aliphatic rings. The topological polar surface area (TPSA) is 25.2 Å². The Morgan fingerprint density at radius 3 is 2.50 bits per heavy atom. The molecule has 1 aromatic heterocycles. The van der Waals surface area contributed by atoms with Crippen LogP contribution in [0.15, 0.2) is 34.7 Å². The Balaban J connectivity index is 2.37. The highest BCUT2D eigenvalue weighted by Gasteiger charge is 2.17. The highest BCUT2D eigenvalue weighted by Crippen LogP contribution is 2.29. The largest absolute Gasteiger partial charge is 0.464 e. The minimum absolute atomic E-state index is 0.00142. The summed E-state index contributed by atoms with van der Waals surface area (Å²) in [7, 11) is 0. The van der Waals surface area contributed by atoms with Crippen molar-refractivity contribution in [3.05, 3.63) is 57.5 Å². The van der Waals surface area contributed by atoms with Gasteiger partial charge in [-0.2, -0.15) is 0 Å². The van der Waals surface area contributed by atoms with Crippen molar-refractivity contribution >= 4 is 23.2 Å². The number of hydrogen-bond donors (Lipinski definition) is 1. The molecule has 0 aliphatic carbocycles. The van der Waals surface area contributed by atoms with Crippen molar-refractivity contribution in [2.75, 3.05) is 6.54 Å². The average molecular weight is 284 g/mol. The molecule has 0 spiro atoms. The van der Waals surface area contributed by atoms with Gasteiger partial charge < -0.3 is 9.73 Å². The maximum atomic E-state index is 6.06. The van der Waals surface area contributed by atoms with E-state index in [1.54, 1.807) is 6.07 Å². The number of halogens is 2. The van der Waals surface area contributed by atoms with E-state index in [0.29, 0.717) is 10.0 Å². The van der Waals surface area contributed by atoms with Gasteiger partial charge in [0.1, 0.15) is 11.5 Å². The Kier molecular flexibility index (Phi) is 4.33. The third-order valence-electron chi connectivity index (χ3n) is 2.73. The number of rotatable bonds is 4. The average Bonchev–Trinajstić information content (AvgIpc) is 2.76. The third-order valence-corrected chi connectivity index (χ3v) is 3.47. The summed E-state index contributed by atoms with van der Waals surface area (Å²) in [5.41, 5.74) is 1.04. The minimum Gasteiger partial charge on any atom is -0.464 e. The van der Waals surface area contributed by atoms with E-state index >= 15 is 0 Å². The second kappa shape index (κ2) is 5.79. The van der Waals surface area contributed by atoms with E-state index in [0.717, 1.165) is 23.6 Å². The predicted octanol–water partition coefficient (Wildman–Crippen LogP) is 4.59. The van der Waals surface area contributed by atoms with Gasteiger partial charge in [-0.3, -0.25) is 0 Å². The number of furan rings is 1. The van der Waals surface area contributed by atoms with E-state index in [-0.39, 0.29) is 6.04 Å². The molecule has 2 nitrogen and oxygen atoms in total. The monoisotopic (exact) mass is 283 g/mol. The third kappa shape index (κ3) is 2.89. The minimum atomic E-state index is -0.00142. The molecule has 18 heavy (non-hydrogen) atoms. The van der Waals surface area contributed by atoms with Crippen molar-refractivity contribution in [3.8, 4) is 0 Å². The van der Waals surface area contributed by atoms with Gasteiger partial charge in [-0.1, -0.05) is 36.2 Å². The normalized spacial score (nSPS) is 12.7. The zero-order valence-electron chi connectivity index (χ0n) is 10.3. The second-order valence-corrected chi connectivity index (χ2v) is 4.93. The Labute approximate surface area is 117 Å². The van der Waals surface area contributed by atoms with E-state index in [1.165, 1.54) is 0 Å². The number of benzene rings is 1. The smallest absolute Gasteiger partial charge is 0.125 e. The lowest BCUT2D eigenvalue weighted by atomic mass is 10.0. The Hall–Kier alpha value is -0.960. The van der Waals surface area contributed by atoms with Crippen LogP contribution in [0.2, 0.25) is 10.0 Å². The summed E-state index contributed by atoms with van der Waals surface area (Å²) in [6, 6.07) is 9.56. The molecule has 1 heterocycles.